The fourth-order valence-electron chi connectivity index (χ4n) is 7.28. The van der Waals surface area contributed by atoms with Gasteiger partial charge in [-0.05, 0) is 93.3 Å². The van der Waals surface area contributed by atoms with E-state index in [1.54, 1.807) is 0 Å². The lowest BCUT2D eigenvalue weighted by Gasteiger charge is -2.19. The predicted octanol–water partition coefficient (Wildman–Crippen LogP) is 12.5. The van der Waals surface area contributed by atoms with Crippen molar-refractivity contribution in [2.45, 2.75) is 0 Å². The average Bonchev–Trinajstić information content (AvgIpc) is 3.10. The Hall–Kier alpha value is -5.72. The Morgan fingerprint density at radius 1 is 0.227 bits per heavy atom. The van der Waals surface area contributed by atoms with Crippen LogP contribution in [0.25, 0.3) is 87.2 Å². The standard InChI is InChI=1S/C44H28/c1-3-15-33-29(12-1)14-11-23-34(33)30-24-26-31(27-25-30)43-38-19-7-9-21-40(38)44(41-22-10-8-20-39(41)43)42-28-32-13-2-4-16-35(32)36-17-5-6-18-37(36)42/h1-28H. The fraction of sp³-hybridized carbons (Fsp3) is 0. The number of hydrogen-bond donors (Lipinski definition) is 0. The molecule has 0 heterocycles. The molecular weight excluding hydrogens is 528 g/mol. The SMILES string of the molecule is c1ccc2c(-c3ccc(-c4c5ccccc5c(-c5cc6ccccc6c6ccccc56)c5ccccc45)cc3)cccc2c1. The molecule has 0 nitrogen and oxygen atoms in total. The van der Waals surface area contributed by atoms with E-state index in [9.17, 15) is 0 Å². The van der Waals surface area contributed by atoms with E-state index in [0.29, 0.717) is 0 Å². The molecule has 0 amide bonds. The molecule has 0 heteroatoms. The summed E-state index contributed by atoms with van der Waals surface area (Å²) in [7, 11) is 0. The first-order chi connectivity index (χ1) is 21.8. The van der Waals surface area contributed by atoms with Gasteiger partial charge in [0.1, 0.15) is 0 Å². The molecule has 44 heavy (non-hydrogen) atoms. The molecule has 0 saturated heterocycles. The molecule has 0 fully saturated rings. The molecular formula is C44H28. The molecule has 9 rings (SSSR count). The van der Waals surface area contributed by atoms with E-state index in [-0.39, 0.29) is 0 Å². The molecule has 0 aromatic heterocycles. The first-order valence-corrected chi connectivity index (χ1v) is 15.3. The van der Waals surface area contributed by atoms with E-state index < -0.39 is 0 Å². The molecule has 0 unspecified atom stereocenters. The van der Waals surface area contributed by atoms with Crippen LogP contribution in [0.4, 0.5) is 0 Å². The van der Waals surface area contributed by atoms with Crippen LogP contribution in [0.1, 0.15) is 0 Å². The van der Waals surface area contributed by atoms with Crippen LogP contribution in [-0.2, 0) is 0 Å². The Morgan fingerprint density at radius 3 is 1.34 bits per heavy atom. The van der Waals surface area contributed by atoms with Gasteiger partial charge in [0.05, 0.1) is 0 Å². The second-order valence-electron chi connectivity index (χ2n) is 11.6. The summed E-state index contributed by atoms with van der Waals surface area (Å²) in [5.41, 5.74) is 7.60. The van der Waals surface area contributed by atoms with Crippen LogP contribution in [0.15, 0.2) is 170 Å². The minimum absolute atomic E-state index is 1.23. The predicted molar refractivity (Wildman–Crippen MR) is 190 cm³/mol. The lowest BCUT2D eigenvalue weighted by molar-refractivity contribution is 1.63. The third kappa shape index (κ3) is 3.78. The quantitative estimate of drug-likeness (QED) is 0.150. The molecule has 9 aromatic rings. The van der Waals surface area contributed by atoms with Crippen LogP contribution < -0.4 is 0 Å². The molecule has 0 saturated carbocycles. The van der Waals surface area contributed by atoms with Gasteiger partial charge in [-0.2, -0.15) is 0 Å². The largest absolute Gasteiger partial charge is 0.0616 e. The smallest absolute Gasteiger partial charge is 0.00199 e. The summed E-state index contributed by atoms with van der Waals surface area (Å²) >= 11 is 0. The molecule has 0 radical (unpaired) electrons. The van der Waals surface area contributed by atoms with Crippen molar-refractivity contribution in [2.24, 2.45) is 0 Å². The van der Waals surface area contributed by atoms with Gasteiger partial charge >= 0.3 is 0 Å². The molecule has 0 bridgehead atoms. The van der Waals surface area contributed by atoms with E-state index in [1.165, 1.54) is 87.2 Å². The van der Waals surface area contributed by atoms with Crippen molar-refractivity contribution in [3.8, 4) is 33.4 Å². The maximum Gasteiger partial charge on any atom is -0.00199 e. The van der Waals surface area contributed by atoms with E-state index in [2.05, 4.69) is 170 Å². The van der Waals surface area contributed by atoms with Crippen molar-refractivity contribution in [1.82, 2.24) is 0 Å². The van der Waals surface area contributed by atoms with Crippen LogP contribution in [0.5, 0.6) is 0 Å². The Bertz CT molecular complexity index is 2470. The first kappa shape index (κ1) is 24.8. The first-order valence-electron chi connectivity index (χ1n) is 15.3. The van der Waals surface area contributed by atoms with Crippen LogP contribution in [0.3, 0.4) is 0 Å². The zero-order valence-corrected chi connectivity index (χ0v) is 24.2. The maximum absolute atomic E-state index is 2.39. The summed E-state index contributed by atoms with van der Waals surface area (Å²) in [5, 5.41) is 12.8. The van der Waals surface area contributed by atoms with Crippen LogP contribution in [0, 0.1) is 0 Å². The molecule has 0 atom stereocenters. The average molecular weight is 557 g/mol. The van der Waals surface area contributed by atoms with Gasteiger partial charge in [-0.1, -0.05) is 164 Å². The summed E-state index contributed by atoms with van der Waals surface area (Å²) in [5.74, 6) is 0. The molecule has 0 aliphatic carbocycles. The van der Waals surface area contributed by atoms with Crippen LogP contribution >= 0.6 is 0 Å². The van der Waals surface area contributed by atoms with E-state index in [0.717, 1.165) is 0 Å². The summed E-state index contributed by atoms with van der Waals surface area (Å²) in [6, 6.07) is 62.3. The maximum atomic E-state index is 2.39. The lowest BCUT2D eigenvalue weighted by Crippen LogP contribution is -1.92. The van der Waals surface area contributed by atoms with Gasteiger partial charge in [0.2, 0.25) is 0 Å². The minimum atomic E-state index is 1.23. The van der Waals surface area contributed by atoms with Crippen LogP contribution in [0.2, 0.25) is 0 Å². The topological polar surface area (TPSA) is 0 Å². The molecule has 9 aromatic carbocycles. The van der Waals surface area contributed by atoms with Crippen molar-refractivity contribution in [1.29, 1.82) is 0 Å². The van der Waals surface area contributed by atoms with E-state index >= 15 is 0 Å². The summed E-state index contributed by atoms with van der Waals surface area (Å²) in [4.78, 5) is 0. The zero-order valence-electron chi connectivity index (χ0n) is 24.2. The van der Waals surface area contributed by atoms with E-state index in [1.807, 2.05) is 0 Å². The Kier molecular flexibility index (Phi) is 5.61. The number of benzene rings is 9. The molecule has 0 N–H and O–H groups in total. The van der Waals surface area contributed by atoms with Crippen molar-refractivity contribution in [2.75, 3.05) is 0 Å². The summed E-state index contributed by atoms with van der Waals surface area (Å²) < 4.78 is 0. The second kappa shape index (κ2) is 9.93. The zero-order chi connectivity index (χ0) is 29.0. The number of fused-ring (bicyclic) bond motifs is 6. The second-order valence-corrected chi connectivity index (χ2v) is 11.6. The third-order valence-electron chi connectivity index (χ3n) is 9.24. The van der Waals surface area contributed by atoms with Gasteiger partial charge < -0.3 is 0 Å². The van der Waals surface area contributed by atoms with Crippen LogP contribution in [-0.4, -0.2) is 0 Å². The van der Waals surface area contributed by atoms with Gasteiger partial charge in [-0.3, -0.25) is 0 Å². The Morgan fingerprint density at radius 2 is 0.682 bits per heavy atom. The normalized spacial score (nSPS) is 11.6. The van der Waals surface area contributed by atoms with Crippen molar-refractivity contribution in [3.63, 3.8) is 0 Å². The van der Waals surface area contributed by atoms with Gasteiger partial charge in [-0.25, -0.2) is 0 Å². The summed E-state index contributed by atoms with van der Waals surface area (Å²) in [6.07, 6.45) is 0. The van der Waals surface area contributed by atoms with Gasteiger partial charge in [0, 0.05) is 0 Å². The van der Waals surface area contributed by atoms with Gasteiger partial charge in [-0.15, -0.1) is 0 Å². The Balaban J connectivity index is 1.32. The number of rotatable bonds is 3. The monoisotopic (exact) mass is 556 g/mol. The van der Waals surface area contributed by atoms with Crippen molar-refractivity contribution >= 4 is 53.9 Å². The third-order valence-corrected chi connectivity index (χ3v) is 9.24. The Labute approximate surface area is 256 Å². The highest BCUT2D eigenvalue weighted by Gasteiger charge is 2.19. The highest BCUT2D eigenvalue weighted by molar-refractivity contribution is 6.25. The van der Waals surface area contributed by atoms with Gasteiger partial charge in [0.15, 0.2) is 0 Å². The van der Waals surface area contributed by atoms with Gasteiger partial charge in [0.25, 0.3) is 0 Å². The lowest BCUT2D eigenvalue weighted by atomic mass is 9.83. The fourth-order valence-corrected chi connectivity index (χ4v) is 7.28. The highest BCUT2D eigenvalue weighted by atomic mass is 14.2. The van der Waals surface area contributed by atoms with Crippen molar-refractivity contribution in [3.05, 3.63) is 170 Å². The summed E-state index contributed by atoms with van der Waals surface area (Å²) in [6.45, 7) is 0. The van der Waals surface area contributed by atoms with E-state index in [4.69, 9.17) is 0 Å². The number of hydrogen-bond acceptors (Lipinski definition) is 0. The molecule has 204 valence electrons. The molecule has 0 aliphatic heterocycles. The minimum Gasteiger partial charge on any atom is -0.0616 e. The van der Waals surface area contributed by atoms with Crippen molar-refractivity contribution < 1.29 is 0 Å². The molecule has 0 spiro atoms. The molecule has 0 aliphatic rings. The highest BCUT2D eigenvalue weighted by Crippen LogP contribution is 2.46.